The lowest BCUT2D eigenvalue weighted by molar-refractivity contribution is 0.108. The van der Waals surface area contributed by atoms with E-state index in [0.29, 0.717) is 12.3 Å². The Morgan fingerprint density at radius 3 is 2.71 bits per heavy atom. The normalized spacial score (nSPS) is 20.5. The molecule has 3 unspecified atom stereocenters. The molecule has 7 rings (SSSR count). The zero-order chi connectivity index (χ0) is 31.5. The topological polar surface area (TPSA) is 125 Å². The van der Waals surface area contributed by atoms with E-state index in [1.165, 1.54) is 12.1 Å². The van der Waals surface area contributed by atoms with Gasteiger partial charge in [-0.15, -0.1) is 11.3 Å². The number of nitriles is 1. The van der Waals surface area contributed by atoms with Crippen LogP contribution in [0.15, 0.2) is 12.1 Å². The third kappa shape index (κ3) is 5.01. The Balaban J connectivity index is 1.37. The highest BCUT2D eigenvalue weighted by molar-refractivity contribution is 7.23. The molecule has 0 spiro atoms. The van der Waals surface area contributed by atoms with Crippen LogP contribution in [0.5, 0.6) is 6.01 Å². The largest absolute Gasteiger partial charge is 0.461 e. The summed E-state index contributed by atoms with van der Waals surface area (Å²) in [5.41, 5.74) is 6.26. The first kappa shape index (κ1) is 29.9. The highest BCUT2D eigenvalue weighted by Crippen LogP contribution is 2.44. The lowest BCUT2D eigenvalue weighted by atomic mass is 9.95. The van der Waals surface area contributed by atoms with E-state index in [1.807, 2.05) is 6.07 Å². The van der Waals surface area contributed by atoms with Crippen molar-refractivity contribution in [2.75, 3.05) is 30.7 Å². The second-order valence-corrected chi connectivity index (χ2v) is 13.0. The molecule has 2 saturated heterocycles. The van der Waals surface area contributed by atoms with Gasteiger partial charge in [-0.2, -0.15) is 15.2 Å². The second-order valence-electron chi connectivity index (χ2n) is 12.0. The average molecular weight is 641 g/mol. The smallest absolute Gasteiger partial charge is 0.319 e. The summed E-state index contributed by atoms with van der Waals surface area (Å²) in [4.78, 5) is 16.1. The van der Waals surface area contributed by atoms with Crippen molar-refractivity contribution in [1.82, 2.24) is 25.2 Å². The minimum atomic E-state index is -1.78. The van der Waals surface area contributed by atoms with Gasteiger partial charge in [-0.1, -0.05) is 6.92 Å². The Kier molecular flexibility index (Phi) is 7.66. The minimum absolute atomic E-state index is 0.0331. The Morgan fingerprint density at radius 2 is 1.98 bits per heavy atom. The summed E-state index contributed by atoms with van der Waals surface area (Å²) in [5, 5.41) is 15.7. The zero-order valence-electron chi connectivity index (χ0n) is 24.6. The van der Waals surface area contributed by atoms with Crippen LogP contribution in [0, 0.1) is 23.0 Å². The van der Waals surface area contributed by atoms with Crippen LogP contribution in [0.1, 0.15) is 56.7 Å². The quantitative estimate of drug-likeness (QED) is 0.158. The number of hydrogen-bond donors (Lipinski definition) is 3. The first-order chi connectivity index (χ1) is 21.7. The lowest BCUT2D eigenvalue weighted by Crippen LogP contribution is -2.44. The van der Waals surface area contributed by atoms with Gasteiger partial charge < -0.3 is 15.8 Å². The third-order valence-electron chi connectivity index (χ3n) is 9.37. The van der Waals surface area contributed by atoms with Crippen LogP contribution in [0.3, 0.4) is 0 Å². The van der Waals surface area contributed by atoms with E-state index in [2.05, 4.69) is 30.5 Å². The van der Waals surface area contributed by atoms with Crippen LogP contribution < -0.4 is 21.1 Å². The molecule has 45 heavy (non-hydrogen) atoms. The maximum absolute atomic E-state index is 16.7. The lowest BCUT2D eigenvalue weighted by Gasteiger charge is -2.31. The van der Waals surface area contributed by atoms with Crippen molar-refractivity contribution in [2.45, 2.75) is 76.0 Å². The SMILES string of the molecule is CCC(F)NC(F)C1CCc2nc(-c3ccc(F)c4sc(N)c(C#N)c34)c(F)c3nc(OCC45CCCN4CCC5)nc(c23)N1. The van der Waals surface area contributed by atoms with Crippen LogP contribution in [-0.4, -0.2) is 63.7 Å². The Hall–Kier alpha value is -3.80. The number of nitrogens with zero attached hydrogens (tertiary/aromatic N) is 5. The minimum Gasteiger partial charge on any atom is -0.461 e. The summed E-state index contributed by atoms with van der Waals surface area (Å²) >= 11 is 0.904. The van der Waals surface area contributed by atoms with Crippen molar-refractivity contribution in [3.8, 4) is 23.3 Å². The molecular formula is C31H32F4N8OS. The number of halogens is 4. The molecular weight excluding hydrogens is 608 g/mol. The number of nitrogens with one attached hydrogen (secondary N) is 2. The van der Waals surface area contributed by atoms with Gasteiger partial charge in [-0.05, 0) is 70.2 Å². The maximum atomic E-state index is 16.7. The molecule has 3 aromatic heterocycles. The number of hydrogen-bond acceptors (Lipinski definition) is 10. The number of anilines is 2. The van der Waals surface area contributed by atoms with Crippen molar-refractivity contribution in [2.24, 2.45) is 0 Å². The van der Waals surface area contributed by atoms with Crippen molar-refractivity contribution in [3.05, 3.63) is 35.0 Å². The number of aromatic nitrogens is 3. The molecule has 3 aliphatic rings. The van der Waals surface area contributed by atoms with Crippen molar-refractivity contribution in [1.29, 1.82) is 5.26 Å². The van der Waals surface area contributed by atoms with Gasteiger partial charge in [0, 0.05) is 10.9 Å². The number of benzene rings is 1. The fourth-order valence-electron chi connectivity index (χ4n) is 7.08. The van der Waals surface area contributed by atoms with Crippen LogP contribution in [-0.2, 0) is 6.42 Å². The van der Waals surface area contributed by atoms with Crippen molar-refractivity contribution < 1.29 is 22.3 Å². The van der Waals surface area contributed by atoms with Gasteiger partial charge in [0.2, 0.25) is 0 Å². The molecule has 1 aromatic carbocycles. The van der Waals surface area contributed by atoms with E-state index in [1.54, 1.807) is 6.92 Å². The number of fused-ring (bicyclic) bond motifs is 2. The first-order valence-corrected chi connectivity index (χ1v) is 16.0. The van der Waals surface area contributed by atoms with Gasteiger partial charge in [-0.25, -0.2) is 22.5 Å². The van der Waals surface area contributed by atoms with Crippen LogP contribution in [0.25, 0.3) is 32.2 Å². The number of nitrogen functional groups attached to an aromatic ring is 1. The van der Waals surface area contributed by atoms with Gasteiger partial charge in [0.1, 0.15) is 40.5 Å². The standard InChI is InChI=1S/C31H32F4N8OS/c1-2-20(33)40-27(35)19-8-7-18-22-25(41-30(42-29(22)39-19)44-14-31-9-3-11-43(31)12-4-10-31)23(34)24(38-18)15-5-6-17(32)26-21(15)16(13-36)28(37)45-26/h5-6,19-20,27,40H,2-4,7-12,14,37H2,1H3,(H,39,41,42). The molecule has 4 aromatic rings. The van der Waals surface area contributed by atoms with Gasteiger partial charge >= 0.3 is 6.01 Å². The molecule has 3 aliphatic heterocycles. The summed E-state index contributed by atoms with van der Waals surface area (Å²) in [5.74, 6) is -1.28. The number of nitrogens with two attached hydrogens (primary N) is 1. The zero-order valence-corrected chi connectivity index (χ0v) is 25.4. The van der Waals surface area contributed by atoms with Crippen molar-refractivity contribution >= 4 is 43.1 Å². The van der Waals surface area contributed by atoms with E-state index in [9.17, 15) is 14.0 Å². The molecule has 0 saturated carbocycles. The van der Waals surface area contributed by atoms with Gasteiger partial charge in [-0.3, -0.25) is 10.2 Å². The summed E-state index contributed by atoms with van der Waals surface area (Å²) in [7, 11) is 0. The Labute approximate surface area is 260 Å². The fraction of sp³-hybridized carbons (Fsp3) is 0.484. The van der Waals surface area contributed by atoms with E-state index in [0.717, 1.165) is 50.1 Å². The monoisotopic (exact) mass is 640 g/mol. The fourth-order valence-corrected chi connectivity index (χ4v) is 8.03. The van der Waals surface area contributed by atoms with Gasteiger partial charge in [0.05, 0.1) is 32.9 Å². The number of thiophene rings is 1. The number of aryl methyl sites for hydroxylation is 1. The molecule has 3 atom stereocenters. The van der Waals surface area contributed by atoms with E-state index < -0.39 is 30.3 Å². The molecule has 0 aliphatic carbocycles. The highest BCUT2D eigenvalue weighted by atomic mass is 32.1. The molecule has 0 radical (unpaired) electrons. The summed E-state index contributed by atoms with van der Waals surface area (Å²) in [6.45, 7) is 3.91. The van der Waals surface area contributed by atoms with E-state index in [-0.39, 0.29) is 79.4 Å². The molecule has 6 heterocycles. The van der Waals surface area contributed by atoms with E-state index >= 15 is 8.78 Å². The maximum Gasteiger partial charge on any atom is 0.319 e. The number of pyridine rings is 1. The highest BCUT2D eigenvalue weighted by Gasteiger charge is 2.45. The molecule has 4 N–H and O–H groups in total. The van der Waals surface area contributed by atoms with E-state index in [4.69, 9.17) is 10.5 Å². The van der Waals surface area contributed by atoms with Crippen LogP contribution in [0.4, 0.5) is 28.4 Å². The molecule has 14 heteroatoms. The molecule has 236 valence electrons. The predicted molar refractivity (Wildman–Crippen MR) is 164 cm³/mol. The molecule has 0 amide bonds. The number of rotatable bonds is 8. The molecule has 2 fully saturated rings. The average Bonchev–Trinajstić information content (AvgIpc) is 3.67. The number of alkyl halides is 2. The second kappa shape index (κ2) is 11.5. The summed E-state index contributed by atoms with van der Waals surface area (Å²) in [6, 6.07) is 3.56. The van der Waals surface area contributed by atoms with Gasteiger partial charge in [0.15, 0.2) is 18.4 Å². The van der Waals surface area contributed by atoms with Crippen LogP contribution in [0.2, 0.25) is 0 Å². The molecule has 0 bridgehead atoms. The first-order valence-electron chi connectivity index (χ1n) is 15.2. The Morgan fingerprint density at radius 1 is 1.20 bits per heavy atom. The number of ether oxygens (including phenoxy) is 1. The summed E-state index contributed by atoms with van der Waals surface area (Å²) < 4.78 is 67.3. The predicted octanol–water partition coefficient (Wildman–Crippen LogP) is 5.96. The Bertz CT molecular complexity index is 1830. The molecule has 9 nitrogen and oxygen atoms in total. The van der Waals surface area contributed by atoms with Crippen LogP contribution >= 0.6 is 11.3 Å². The van der Waals surface area contributed by atoms with Crippen molar-refractivity contribution in [3.63, 3.8) is 0 Å². The van der Waals surface area contributed by atoms with Gasteiger partial charge in [0.25, 0.3) is 0 Å². The summed E-state index contributed by atoms with van der Waals surface area (Å²) in [6.07, 6.45) is 1.19. The third-order valence-corrected chi connectivity index (χ3v) is 10.4.